The summed E-state index contributed by atoms with van der Waals surface area (Å²) < 4.78 is 38.6. The zero-order valence-corrected chi connectivity index (χ0v) is 8.89. The van der Waals surface area contributed by atoms with Crippen LogP contribution in [-0.4, -0.2) is 12.0 Å². The number of guanidine groups is 1. The SMILES string of the molecule is CC(C)N=C(N)Nc1cc(F)c(F)cc1F. The molecule has 0 aliphatic heterocycles. The first kappa shape index (κ1) is 12.4. The molecule has 6 heteroatoms. The van der Waals surface area contributed by atoms with Crippen LogP contribution in [0, 0.1) is 17.5 Å². The lowest BCUT2D eigenvalue weighted by Gasteiger charge is -2.08. The fraction of sp³-hybridized carbons (Fsp3) is 0.300. The number of anilines is 1. The topological polar surface area (TPSA) is 50.4 Å². The fourth-order valence-electron chi connectivity index (χ4n) is 1.07. The van der Waals surface area contributed by atoms with E-state index in [1.54, 1.807) is 13.8 Å². The summed E-state index contributed by atoms with van der Waals surface area (Å²) in [5.41, 5.74) is 5.17. The van der Waals surface area contributed by atoms with E-state index in [4.69, 9.17) is 5.73 Å². The molecule has 3 N–H and O–H groups in total. The van der Waals surface area contributed by atoms with Crippen LogP contribution in [0.1, 0.15) is 13.8 Å². The van der Waals surface area contributed by atoms with Crippen molar-refractivity contribution in [2.45, 2.75) is 19.9 Å². The molecule has 3 nitrogen and oxygen atoms in total. The number of aliphatic imine (C=N–C) groups is 1. The molecule has 0 unspecified atom stereocenters. The van der Waals surface area contributed by atoms with Crippen LogP contribution in [0.2, 0.25) is 0 Å². The molecule has 0 aliphatic rings. The smallest absolute Gasteiger partial charge is 0.193 e. The molecule has 0 radical (unpaired) electrons. The van der Waals surface area contributed by atoms with Gasteiger partial charge in [-0.15, -0.1) is 0 Å². The van der Waals surface area contributed by atoms with Crippen LogP contribution in [0.4, 0.5) is 18.9 Å². The van der Waals surface area contributed by atoms with Crippen molar-refractivity contribution in [3.63, 3.8) is 0 Å². The van der Waals surface area contributed by atoms with E-state index < -0.39 is 17.5 Å². The first-order valence-electron chi connectivity index (χ1n) is 4.65. The predicted octanol–water partition coefficient (Wildman–Crippen LogP) is 2.24. The number of hydrogen-bond acceptors (Lipinski definition) is 1. The Labute approximate surface area is 91.2 Å². The van der Waals surface area contributed by atoms with E-state index in [0.29, 0.717) is 12.1 Å². The van der Waals surface area contributed by atoms with Crippen LogP contribution >= 0.6 is 0 Å². The molecule has 0 amide bonds. The number of nitrogens with one attached hydrogen (secondary N) is 1. The first-order chi connectivity index (χ1) is 7.40. The van der Waals surface area contributed by atoms with Gasteiger partial charge in [-0.05, 0) is 13.8 Å². The zero-order chi connectivity index (χ0) is 12.3. The average Bonchev–Trinajstić information content (AvgIpc) is 2.12. The molecule has 1 aromatic rings. The number of rotatable bonds is 2. The van der Waals surface area contributed by atoms with E-state index in [-0.39, 0.29) is 17.7 Å². The van der Waals surface area contributed by atoms with E-state index in [1.165, 1.54) is 0 Å². The summed E-state index contributed by atoms with van der Waals surface area (Å²) in [6, 6.07) is 1.05. The Kier molecular flexibility index (Phi) is 3.76. The Morgan fingerprint density at radius 3 is 2.31 bits per heavy atom. The van der Waals surface area contributed by atoms with Gasteiger partial charge in [0.1, 0.15) is 5.82 Å². The Hall–Kier alpha value is -1.72. The van der Waals surface area contributed by atoms with E-state index >= 15 is 0 Å². The average molecular weight is 231 g/mol. The van der Waals surface area contributed by atoms with Gasteiger partial charge in [0.2, 0.25) is 0 Å². The molecule has 0 saturated carbocycles. The summed E-state index contributed by atoms with van der Waals surface area (Å²) in [5.74, 6) is -3.38. The molecule has 0 aliphatic carbocycles. The van der Waals surface area contributed by atoms with E-state index in [1.807, 2.05) is 0 Å². The van der Waals surface area contributed by atoms with Crippen LogP contribution in [-0.2, 0) is 0 Å². The van der Waals surface area contributed by atoms with E-state index in [0.717, 1.165) is 0 Å². The first-order valence-corrected chi connectivity index (χ1v) is 4.65. The number of nitrogens with two attached hydrogens (primary N) is 1. The van der Waals surface area contributed by atoms with Gasteiger partial charge in [-0.2, -0.15) is 0 Å². The second-order valence-electron chi connectivity index (χ2n) is 3.48. The summed E-state index contributed by atoms with van der Waals surface area (Å²) >= 11 is 0. The third kappa shape index (κ3) is 3.15. The van der Waals surface area contributed by atoms with Gasteiger partial charge >= 0.3 is 0 Å². The number of nitrogens with zero attached hydrogens (tertiary/aromatic N) is 1. The lowest BCUT2D eigenvalue weighted by atomic mass is 10.3. The minimum absolute atomic E-state index is 0.0556. The molecule has 16 heavy (non-hydrogen) atoms. The molecule has 0 bridgehead atoms. The van der Waals surface area contributed by atoms with E-state index in [2.05, 4.69) is 10.3 Å². The molecule has 88 valence electrons. The Morgan fingerprint density at radius 2 is 1.75 bits per heavy atom. The summed E-state index contributed by atoms with van der Waals surface area (Å²) in [4.78, 5) is 3.87. The van der Waals surface area contributed by atoms with Crippen molar-refractivity contribution in [2.75, 3.05) is 5.32 Å². The second-order valence-corrected chi connectivity index (χ2v) is 3.48. The molecule has 0 atom stereocenters. The van der Waals surface area contributed by atoms with Crippen molar-refractivity contribution in [1.29, 1.82) is 0 Å². The van der Waals surface area contributed by atoms with Gasteiger partial charge in [0.25, 0.3) is 0 Å². The highest BCUT2D eigenvalue weighted by Crippen LogP contribution is 2.18. The molecular weight excluding hydrogens is 219 g/mol. The lowest BCUT2D eigenvalue weighted by Crippen LogP contribution is -2.24. The van der Waals surface area contributed by atoms with Gasteiger partial charge in [-0.25, -0.2) is 13.2 Å². The Balaban J connectivity index is 2.94. The van der Waals surface area contributed by atoms with Crippen molar-refractivity contribution in [2.24, 2.45) is 10.7 Å². The molecule has 1 aromatic carbocycles. The number of hydrogen-bond donors (Lipinski definition) is 2. The number of halogens is 3. The van der Waals surface area contributed by atoms with Gasteiger partial charge < -0.3 is 11.1 Å². The number of benzene rings is 1. The van der Waals surface area contributed by atoms with Crippen molar-refractivity contribution < 1.29 is 13.2 Å². The van der Waals surface area contributed by atoms with Crippen molar-refractivity contribution in [3.05, 3.63) is 29.6 Å². The highest BCUT2D eigenvalue weighted by Gasteiger charge is 2.10. The van der Waals surface area contributed by atoms with Crippen molar-refractivity contribution in [1.82, 2.24) is 0 Å². The third-order valence-corrected chi connectivity index (χ3v) is 1.67. The summed E-state index contributed by atoms with van der Waals surface area (Å²) in [6.45, 7) is 3.55. The largest absolute Gasteiger partial charge is 0.370 e. The molecule has 0 aromatic heterocycles. The van der Waals surface area contributed by atoms with Gasteiger partial charge in [0.15, 0.2) is 17.6 Å². The second kappa shape index (κ2) is 4.87. The van der Waals surface area contributed by atoms with Gasteiger partial charge in [0.05, 0.1) is 5.69 Å². The molecule has 0 saturated heterocycles. The maximum absolute atomic E-state index is 13.1. The van der Waals surface area contributed by atoms with Gasteiger partial charge in [-0.3, -0.25) is 4.99 Å². The Morgan fingerprint density at radius 1 is 1.19 bits per heavy atom. The highest BCUT2D eigenvalue weighted by molar-refractivity contribution is 5.92. The third-order valence-electron chi connectivity index (χ3n) is 1.67. The standard InChI is InChI=1S/C10H12F3N3/c1-5(2)15-10(14)16-9-4-7(12)6(11)3-8(9)13/h3-5H,1-2H3,(H3,14,15,16). The van der Waals surface area contributed by atoms with Crippen molar-refractivity contribution >= 4 is 11.6 Å². The maximum atomic E-state index is 13.1. The molecule has 1 rings (SSSR count). The van der Waals surface area contributed by atoms with Crippen LogP contribution in [0.15, 0.2) is 17.1 Å². The van der Waals surface area contributed by atoms with Crippen LogP contribution in [0.5, 0.6) is 0 Å². The minimum atomic E-state index is -1.25. The quantitative estimate of drug-likeness (QED) is 0.466. The Bertz CT molecular complexity index is 416. The van der Waals surface area contributed by atoms with Crippen molar-refractivity contribution in [3.8, 4) is 0 Å². The fourth-order valence-corrected chi connectivity index (χ4v) is 1.07. The molecule has 0 spiro atoms. The molecular formula is C10H12F3N3. The van der Waals surface area contributed by atoms with Gasteiger partial charge in [-0.1, -0.05) is 0 Å². The van der Waals surface area contributed by atoms with Crippen LogP contribution in [0.3, 0.4) is 0 Å². The zero-order valence-electron chi connectivity index (χ0n) is 8.89. The maximum Gasteiger partial charge on any atom is 0.193 e. The summed E-state index contributed by atoms with van der Waals surface area (Å²) in [5, 5.41) is 2.36. The van der Waals surface area contributed by atoms with Crippen LogP contribution < -0.4 is 11.1 Å². The summed E-state index contributed by atoms with van der Waals surface area (Å²) in [7, 11) is 0. The molecule has 0 heterocycles. The monoisotopic (exact) mass is 231 g/mol. The lowest BCUT2D eigenvalue weighted by molar-refractivity contribution is 0.496. The normalized spacial score (nSPS) is 12.0. The molecule has 0 fully saturated rings. The summed E-state index contributed by atoms with van der Waals surface area (Å²) in [6.07, 6.45) is 0. The van der Waals surface area contributed by atoms with Gasteiger partial charge in [0, 0.05) is 18.2 Å². The minimum Gasteiger partial charge on any atom is -0.370 e. The van der Waals surface area contributed by atoms with Crippen LogP contribution in [0.25, 0.3) is 0 Å². The predicted molar refractivity (Wildman–Crippen MR) is 56.7 cm³/mol. The van der Waals surface area contributed by atoms with E-state index in [9.17, 15) is 13.2 Å². The highest BCUT2D eigenvalue weighted by atomic mass is 19.2.